The Morgan fingerprint density at radius 2 is 1.68 bits per heavy atom. The van der Waals surface area contributed by atoms with Crippen LogP contribution in [-0.4, -0.2) is 38.9 Å². The second-order valence-corrected chi connectivity index (χ2v) is 8.80. The third kappa shape index (κ3) is 5.87. The number of carbonyl (C=O) groups excluding carboxylic acids is 1. The molecule has 1 N–H and O–H groups in total. The van der Waals surface area contributed by atoms with E-state index in [1.807, 2.05) is 30.3 Å². The quantitative estimate of drug-likeness (QED) is 0.695. The third-order valence-electron chi connectivity index (χ3n) is 4.52. The Kier molecular flexibility index (Phi) is 7.71. The van der Waals surface area contributed by atoms with E-state index in [9.17, 15) is 17.6 Å². The summed E-state index contributed by atoms with van der Waals surface area (Å²) in [6.45, 7) is 4.01. The molecule has 28 heavy (non-hydrogen) atoms. The van der Waals surface area contributed by atoms with Gasteiger partial charge in [0.05, 0.1) is 0 Å². The van der Waals surface area contributed by atoms with Crippen molar-refractivity contribution in [3.63, 3.8) is 0 Å². The van der Waals surface area contributed by atoms with Crippen LogP contribution in [0.4, 0.5) is 4.39 Å². The van der Waals surface area contributed by atoms with Crippen molar-refractivity contribution in [2.24, 2.45) is 5.92 Å². The molecule has 1 amide bonds. The Balaban J connectivity index is 2.03. The molecular weight excluding hydrogens is 379 g/mol. The predicted octanol–water partition coefficient (Wildman–Crippen LogP) is 3.22. The molecule has 0 aliphatic heterocycles. The third-order valence-corrected chi connectivity index (χ3v) is 5.99. The number of hydrogen-bond donors (Lipinski definition) is 1. The van der Waals surface area contributed by atoms with Gasteiger partial charge in [0, 0.05) is 13.6 Å². The van der Waals surface area contributed by atoms with E-state index in [0.717, 1.165) is 18.9 Å². The van der Waals surface area contributed by atoms with Crippen LogP contribution in [-0.2, 0) is 21.2 Å². The van der Waals surface area contributed by atoms with Gasteiger partial charge in [-0.1, -0.05) is 56.3 Å². The van der Waals surface area contributed by atoms with E-state index in [1.165, 1.54) is 28.7 Å². The average Bonchev–Trinajstić information content (AvgIpc) is 2.66. The van der Waals surface area contributed by atoms with Gasteiger partial charge in [-0.2, -0.15) is 4.72 Å². The summed E-state index contributed by atoms with van der Waals surface area (Å²) in [4.78, 5) is 13.9. The summed E-state index contributed by atoms with van der Waals surface area (Å²) in [5.41, 5.74) is 1.18. The molecule has 2 aromatic rings. The zero-order valence-electron chi connectivity index (χ0n) is 16.4. The summed E-state index contributed by atoms with van der Waals surface area (Å²) in [5, 5.41) is 0. The number of carbonyl (C=O) groups is 1. The Morgan fingerprint density at radius 1 is 1.07 bits per heavy atom. The SMILES string of the molecule is CC(C)[C@H](NS(=O)(=O)c1ccccc1F)C(=O)N(C)CCCc1ccccc1. The lowest BCUT2D eigenvalue weighted by Gasteiger charge is -2.27. The highest BCUT2D eigenvalue weighted by molar-refractivity contribution is 7.89. The van der Waals surface area contributed by atoms with Gasteiger partial charge in [-0.05, 0) is 36.5 Å². The number of aryl methyl sites for hydroxylation is 1. The van der Waals surface area contributed by atoms with E-state index in [1.54, 1.807) is 20.9 Å². The van der Waals surface area contributed by atoms with Gasteiger partial charge in [0.25, 0.3) is 0 Å². The molecule has 2 rings (SSSR count). The van der Waals surface area contributed by atoms with Gasteiger partial charge in [0.1, 0.15) is 16.8 Å². The van der Waals surface area contributed by atoms with Crippen LogP contribution in [0, 0.1) is 11.7 Å². The molecule has 0 spiro atoms. The molecule has 1 atom stereocenters. The molecule has 0 unspecified atom stereocenters. The molecule has 0 bridgehead atoms. The number of rotatable bonds is 9. The summed E-state index contributed by atoms with van der Waals surface area (Å²) in [6.07, 6.45) is 1.59. The summed E-state index contributed by atoms with van der Waals surface area (Å²) in [5.74, 6) is -1.46. The van der Waals surface area contributed by atoms with E-state index in [-0.39, 0.29) is 11.8 Å². The van der Waals surface area contributed by atoms with Gasteiger partial charge in [0.15, 0.2) is 0 Å². The number of halogens is 1. The van der Waals surface area contributed by atoms with Gasteiger partial charge in [0.2, 0.25) is 15.9 Å². The molecule has 152 valence electrons. The van der Waals surface area contributed by atoms with Crippen LogP contribution < -0.4 is 4.72 Å². The molecule has 0 aliphatic carbocycles. The van der Waals surface area contributed by atoms with Gasteiger partial charge in [-0.3, -0.25) is 4.79 Å². The van der Waals surface area contributed by atoms with Crippen LogP contribution in [0.15, 0.2) is 59.5 Å². The van der Waals surface area contributed by atoms with Gasteiger partial charge in [-0.25, -0.2) is 12.8 Å². The van der Waals surface area contributed by atoms with Crippen LogP contribution in [0.1, 0.15) is 25.8 Å². The molecule has 0 fully saturated rings. The van der Waals surface area contributed by atoms with Crippen molar-refractivity contribution in [1.29, 1.82) is 0 Å². The van der Waals surface area contributed by atoms with Crippen molar-refractivity contribution >= 4 is 15.9 Å². The zero-order chi connectivity index (χ0) is 20.7. The molecule has 0 radical (unpaired) electrons. The van der Waals surface area contributed by atoms with Gasteiger partial charge < -0.3 is 4.90 Å². The van der Waals surface area contributed by atoms with Crippen LogP contribution >= 0.6 is 0 Å². The summed E-state index contributed by atoms with van der Waals surface area (Å²) >= 11 is 0. The largest absolute Gasteiger partial charge is 0.344 e. The molecular formula is C21H27FN2O3S. The van der Waals surface area contributed by atoms with E-state index < -0.39 is 26.8 Å². The molecule has 0 heterocycles. The minimum atomic E-state index is -4.15. The van der Waals surface area contributed by atoms with Gasteiger partial charge in [-0.15, -0.1) is 0 Å². The van der Waals surface area contributed by atoms with E-state index in [2.05, 4.69) is 4.72 Å². The second-order valence-electron chi connectivity index (χ2n) is 7.12. The zero-order valence-corrected chi connectivity index (χ0v) is 17.2. The highest BCUT2D eigenvalue weighted by Crippen LogP contribution is 2.16. The molecule has 0 aromatic heterocycles. The second kappa shape index (κ2) is 9.80. The monoisotopic (exact) mass is 406 g/mol. The van der Waals surface area contributed by atoms with E-state index >= 15 is 0 Å². The number of likely N-dealkylation sites (N-methyl/N-ethyl adjacent to an activating group) is 1. The summed E-state index contributed by atoms with van der Waals surface area (Å²) in [6, 6.07) is 14.1. The first-order chi connectivity index (χ1) is 13.2. The maximum absolute atomic E-state index is 13.9. The normalized spacial score (nSPS) is 12.8. The topological polar surface area (TPSA) is 66.5 Å². The Morgan fingerprint density at radius 3 is 2.29 bits per heavy atom. The van der Waals surface area contributed by atoms with Crippen molar-refractivity contribution in [2.45, 2.75) is 37.6 Å². The van der Waals surface area contributed by atoms with Crippen LogP contribution in [0.25, 0.3) is 0 Å². The van der Waals surface area contributed by atoms with Crippen LogP contribution in [0.5, 0.6) is 0 Å². The van der Waals surface area contributed by atoms with Crippen molar-refractivity contribution < 1.29 is 17.6 Å². The smallest absolute Gasteiger partial charge is 0.244 e. The highest BCUT2D eigenvalue weighted by Gasteiger charge is 2.31. The predicted molar refractivity (Wildman–Crippen MR) is 108 cm³/mol. The lowest BCUT2D eigenvalue weighted by Crippen LogP contribution is -2.50. The fourth-order valence-electron chi connectivity index (χ4n) is 2.88. The first kappa shape index (κ1) is 22.0. The number of sulfonamides is 1. The highest BCUT2D eigenvalue weighted by atomic mass is 32.2. The molecule has 0 aliphatic rings. The lowest BCUT2D eigenvalue weighted by atomic mass is 10.0. The van der Waals surface area contributed by atoms with E-state index in [0.29, 0.717) is 6.54 Å². The van der Waals surface area contributed by atoms with Crippen LogP contribution in [0.2, 0.25) is 0 Å². The molecule has 0 saturated heterocycles. The first-order valence-corrected chi connectivity index (χ1v) is 10.8. The number of hydrogen-bond acceptors (Lipinski definition) is 3. The van der Waals surface area contributed by atoms with Crippen molar-refractivity contribution in [1.82, 2.24) is 9.62 Å². The number of nitrogens with zero attached hydrogens (tertiary/aromatic N) is 1. The Hall–Kier alpha value is -2.25. The molecule has 7 heteroatoms. The average molecular weight is 407 g/mol. The minimum absolute atomic E-state index is 0.286. The number of nitrogens with one attached hydrogen (secondary N) is 1. The Bertz CT molecular complexity index is 886. The fourth-order valence-corrected chi connectivity index (χ4v) is 4.29. The van der Waals surface area contributed by atoms with Crippen LogP contribution in [0.3, 0.4) is 0 Å². The van der Waals surface area contributed by atoms with Crippen molar-refractivity contribution in [2.75, 3.05) is 13.6 Å². The summed E-state index contributed by atoms with van der Waals surface area (Å²) < 4.78 is 41.4. The van der Waals surface area contributed by atoms with Crippen molar-refractivity contribution in [3.05, 3.63) is 66.0 Å². The maximum Gasteiger partial charge on any atom is 0.244 e. The van der Waals surface area contributed by atoms with Gasteiger partial charge >= 0.3 is 0 Å². The fraction of sp³-hybridized carbons (Fsp3) is 0.381. The molecule has 5 nitrogen and oxygen atoms in total. The minimum Gasteiger partial charge on any atom is -0.344 e. The lowest BCUT2D eigenvalue weighted by molar-refractivity contribution is -0.132. The maximum atomic E-state index is 13.9. The van der Waals surface area contributed by atoms with Crippen molar-refractivity contribution in [3.8, 4) is 0 Å². The molecule has 0 saturated carbocycles. The van der Waals surface area contributed by atoms with E-state index in [4.69, 9.17) is 0 Å². The molecule has 2 aromatic carbocycles. The standard InChI is InChI=1S/C21H27FN2O3S/c1-16(2)20(23-28(26,27)19-14-8-7-13-18(19)22)21(25)24(3)15-9-12-17-10-5-4-6-11-17/h4-8,10-11,13-14,16,20,23H,9,12,15H2,1-3H3/t20-/m0/s1. The first-order valence-electron chi connectivity index (χ1n) is 9.28. The number of amides is 1. The number of benzene rings is 2. The summed E-state index contributed by atoms with van der Waals surface area (Å²) in [7, 11) is -2.50. The Labute approximate surface area is 166 Å².